The largest absolute Gasteiger partial charge is 0.381 e. The number of pyridine rings is 1. The summed E-state index contributed by atoms with van der Waals surface area (Å²) in [6, 6.07) is 4.18. The summed E-state index contributed by atoms with van der Waals surface area (Å²) in [5.41, 5.74) is 1.09. The van der Waals surface area contributed by atoms with Crippen LogP contribution in [0.2, 0.25) is 0 Å². The van der Waals surface area contributed by atoms with E-state index in [0.717, 1.165) is 31.6 Å². The molecular weight excluding hydrogens is 268 g/mol. The summed E-state index contributed by atoms with van der Waals surface area (Å²) in [5, 5.41) is 0. The van der Waals surface area contributed by atoms with Gasteiger partial charge in [-0.3, -0.25) is 14.9 Å². The summed E-state index contributed by atoms with van der Waals surface area (Å²) in [6.45, 7) is 2.06. The molecule has 21 heavy (non-hydrogen) atoms. The fourth-order valence-electron chi connectivity index (χ4n) is 2.78. The molecule has 6 nitrogen and oxygen atoms in total. The number of aliphatic imine (C=N–C) groups is 1. The zero-order valence-electron chi connectivity index (χ0n) is 12.2. The second-order valence-electron chi connectivity index (χ2n) is 5.45. The van der Waals surface area contributed by atoms with Gasteiger partial charge in [0.25, 0.3) is 0 Å². The molecule has 2 aliphatic rings. The number of carbonyl (C=O) groups excluding carboxylic acids is 1. The molecule has 0 radical (unpaired) electrons. The molecule has 2 amide bonds. The van der Waals surface area contributed by atoms with Crippen molar-refractivity contribution in [1.82, 2.24) is 14.8 Å². The van der Waals surface area contributed by atoms with Crippen LogP contribution < -0.4 is 0 Å². The number of hydrogen-bond donors (Lipinski definition) is 0. The number of urea groups is 1. The van der Waals surface area contributed by atoms with E-state index in [4.69, 9.17) is 4.74 Å². The van der Waals surface area contributed by atoms with Crippen molar-refractivity contribution in [2.75, 3.05) is 26.8 Å². The van der Waals surface area contributed by atoms with Gasteiger partial charge >= 0.3 is 6.03 Å². The third-order valence-corrected chi connectivity index (χ3v) is 4.13. The van der Waals surface area contributed by atoms with Gasteiger partial charge in [-0.1, -0.05) is 0 Å². The molecule has 1 aromatic rings. The van der Waals surface area contributed by atoms with Gasteiger partial charge in [0.05, 0.1) is 18.9 Å². The zero-order chi connectivity index (χ0) is 14.7. The van der Waals surface area contributed by atoms with E-state index >= 15 is 0 Å². The SMILES string of the molecule is CN(C(=O)N1C=NC(c2ccncc2)C1)C1CCOCC1. The second-order valence-corrected chi connectivity index (χ2v) is 5.45. The van der Waals surface area contributed by atoms with Gasteiger partial charge in [0.15, 0.2) is 0 Å². The summed E-state index contributed by atoms with van der Waals surface area (Å²) in [4.78, 5) is 24.5. The summed E-state index contributed by atoms with van der Waals surface area (Å²) in [5.74, 6) is 0. The van der Waals surface area contributed by atoms with Crippen LogP contribution in [-0.4, -0.2) is 60.0 Å². The van der Waals surface area contributed by atoms with Crippen LogP contribution in [0.1, 0.15) is 24.4 Å². The number of rotatable bonds is 2. The number of carbonyl (C=O) groups is 1. The van der Waals surface area contributed by atoms with Crippen LogP contribution in [0.3, 0.4) is 0 Å². The molecule has 3 heterocycles. The highest BCUT2D eigenvalue weighted by Gasteiger charge is 2.29. The van der Waals surface area contributed by atoms with E-state index in [-0.39, 0.29) is 18.1 Å². The molecule has 1 atom stereocenters. The summed E-state index contributed by atoms with van der Waals surface area (Å²) >= 11 is 0. The normalized spacial score (nSPS) is 22.5. The molecule has 3 rings (SSSR count). The smallest absolute Gasteiger partial charge is 0.325 e. The van der Waals surface area contributed by atoms with Gasteiger partial charge in [0.2, 0.25) is 0 Å². The van der Waals surface area contributed by atoms with E-state index in [0.29, 0.717) is 6.54 Å². The Kier molecular flexibility index (Phi) is 4.15. The minimum atomic E-state index is 0.0139. The maximum absolute atomic E-state index is 12.5. The molecule has 2 aliphatic heterocycles. The van der Waals surface area contributed by atoms with Gasteiger partial charge in [-0.05, 0) is 30.5 Å². The molecule has 0 N–H and O–H groups in total. The van der Waals surface area contributed by atoms with E-state index in [1.54, 1.807) is 23.6 Å². The lowest BCUT2D eigenvalue weighted by Gasteiger charge is -2.33. The molecule has 0 saturated carbocycles. The van der Waals surface area contributed by atoms with Crippen LogP contribution >= 0.6 is 0 Å². The molecule has 112 valence electrons. The van der Waals surface area contributed by atoms with Crippen LogP contribution in [0.15, 0.2) is 29.5 Å². The summed E-state index contributed by atoms with van der Waals surface area (Å²) in [6.07, 6.45) is 6.97. The molecule has 0 aromatic carbocycles. The molecule has 0 aliphatic carbocycles. The topological polar surface area (TPSA) is 58.0 Å². The Labute approximate surface area is 124 Å². The Morgan fingerprint density at radius 2 is 2.05 bits per heavy atom. The summed E-state index contributed by atoms with van der Waals surface area (Å²) in [7, 11) is 1.87. The first-order valence-electron chi connectivity index (χ1n) is 7.30. The van der Waals surface area contributed by atoms with Gasteiger partial charge < -0.3 is 9.64 Å². The van der Waals surface area contributed by atoms with Gasteiger partial charge in [0, 0.05) is 38.7 Å². The lowest BCUT2D eigenvalue weighted by molar-refractivity contribution is 0.0497. The quantitative estimate of drug-likeness (QED) is 0.832. The van der Waals surface area contributed by atoms with Crippen LogP contribution in [0.5, 0.6) is 0 Å². The van der Waals surface area contributed by atoms with Crippen molar-refractivity contribution in [2.45, 2.75) is 24.9 Å². The monoisotopic (exact) mass is 288 g/mol. The van der Waals surface area contributed by atoms with Gasteiger partial charge in [0.1, 0.15) is 0 Å². The van der Waals surface area contributed by atoms with Crippen molar-refractivity contribution < 1.29 is 9.53 Å². The van der Waals surface area contributed by atoms with E-state index in [1.165, 1.54) is 0 Å². The molecular formula is C15H20N4O2. The minimum absolute atomic E-state index is 0.0139. The molecule has 0 bridgehead atoms. The number of ether oxygens (including phenoxy) is 1. The van der Waals surface area contributed by atoms with E-state index in [2.05, 4.69) is 9.98 Å². The van der Waals surface area contributed by atoms with Crippen molar-refractivity contribution >= 4 is 12.4 Å². The average Bonchev–Trinajstić information content (AvgIpc) is 3.05. The van der Waals surface area contributed by atoms with Crippen molar-refractivity contribution in [1.29, 1.82) is 0 Å². The van der Waals surface area contributed by atoms with Crippen molar-refractivity contribution in [3.05, 3.63) is 30.1 Å². The number of aromatic nitrogens is 1. The van der Waals surface area contributed by atoms with Crippen molar-refractivity contribution in [3.8, 4) is 0 Å². The van der Waals surface area contributed by atoms with Gasteiger partial charge in [-0.25, -0.2) is 4.79 Å². The van der Waals surface area contributed by atoms with E-state index in [1.807, 2.05) is 24.1 Å². The van der Waals surface area contributed by atoms with Crippen molar-refractivity contribution in [2.24, 2.45) is 4.99 Å². The van der Waals surface area contributed by atoms with Crippen LogP contribution in [0.4, 0.5) is 4.79 Å². The van der Waals surface area contributed by atoms with Crippen LogP contribution in [0, 0.1) is 0 Å². The standard InChI is InChI=1S/C15H20N4O2/c1-18(13-4-8-21-9-5-13)15(20)19-10-14(17-11-19)12-2-6-16-7-3-12/h2-3,6-7,11,13-14H,4-5,8-10H2,1H3. The lowest BCUT2D eigenvalue weighted by Crippen LogP contribution is -2.47. The first-order valence-corrected chi connectivity index (χ1v) is 7.30. The third-order valence-electron chi connectivity index (χ3n) is 4.13. The van der Waals surface area contributed by atoms with E-state index < -0.39 is 0 Å². The lowest BCUT2D eigenvalue weighted by atomic mass is 10.1. The first kappa shape index (κ1) is 14.0. The highest BCUT2D eigenvalue weighted by molar-refractivity contribution is 5.87. The Hall–Kier alpha value is -1.95. The molecule has 6 heteroatoms. The third kappa shape index (κ3) is 3.05. The predicted molar refractivity (Wildman–Crippen MR) is 79.2 cm³/mol. The molecule has 1 fully saturated rings. The zero-order valence-corrected chi connectivity index (χ0v) is 12.2. The maximum atomic E-state index is 12.5. The Morgan fingerprint density at radius 1 is 1.33 bits per heavy atom. The van der Waals surface area contributed by atoms with Gasteiger partial charge in [-0.2, -0.15) is 0 Å². The van der Waals surface area contributed by atoms with Crippen LogP contribution in [-0.2, 0) is 4.74 Å². The number of nitrogens with zero attached hydrogens (tertiary/aromatic N) is 4. The molecule has 1 aromatic heterocycles. The molecule has 1 saturated heterocycles. The average molecular weight is 288 g/mol. The number of hydrogen-bond acceptors (Lipinski definition) is 4. The first-order chi connectivity index (χ1) is 10.3. The van der Waals surface area contributed by atoms with Crippen LogP contribution in [0.25, 0.3) is 0 Å². The Balaban J connectivity index is 1.61. The molecule has 1 unspecified atom stereocenters. The highest BCUT2D eigenvalue weighted by Crippen LogP contribution is 2.23. The maximum Gasteiger partial charge on any atom is 0.325 e. The second kappa shape index (κ2) is 6.22. The molecule has 0 spiro atoms. The number of amides is 2. The Morgan fingerprint density at radius 3 is 2.76 bits per heavy atom. The fourth-order valence-corrected chi connectivity index (χ4v) is 2.78. The minimum Gasteiger partial charge on any atom is -0.381 e. The highest BCUT2D eigenvalue weighted by atomic mass is 16.5. The van der Waals surface area contributed by atoms with Crippen molar-refractivity contribution in [3.63, 3.8) is 0 Å². The Bertz CT molecular complexity index is 514. The predicted octanol–water partition coefficient (Wildman–Crippen LogP) is 1.70. The van der Waals surface area contributed by atoms with Gasteiger partial charge in [-0.15, -0.1) is 0 Å². The summed E-state index contributed by atoms with van der Waals surface area (Å²) < 4.78 is 5.35. The fraction of sp³-hybridized carbons (Fsp3) is 0.533. The van der Waals surface area contributed by atoms with E-state index in [9.17, 15) is 4.79 Å².